The van der Waals surface area contributed by atoms with Gasteiger partial charge in [-0.15, -0.1) is 0 Å². The van der Waals surface area contributed by atoms with Gasteiger partial charge in [0, 0.05) is 0 Å². The molecule has 0 atom stereocenters. The molecule has 0 aliphatic rings. The highest BCUT2D eigenvalue weighted by Gasteiger charge is 2.31. The fourth-order valence-corrected chi connectivity index (χ4v) is 7.50. The summed E-state index contributed by atoms with van der Waals surface area (Å²) in [6.07, 6.45) is 0. The molecular formula is C31H49P. The standard InChI is InChI=1S/C31H49P/c1-20-16-22(28(3,4)5)18-24(30(9,10)11)26(20)32(15)27-21(2)17-23(29(6,7)8)19-25(27)31(12,13)14/h16-19H,1-15H3. The molecule has 0 heterocycles. The molecule has 0 saturated heterocycles. The molecule has 0 N–H and O–H groups in total. The van der Waals surface area contributed by atoms with Crippen LogP contribution < -0.4 is 10.6 Å². The zero-order chi connectivity index (χ0) is 25.0. The number of rotatable bonds is 2. The van der Waals surface area contributed by atoms with Crippen LogP contribution in [0.5, 0.6) is 0 Å². The first-order chi connectivity index (χ1) is 14.2. The van der Waals surface area contributed by atoms with Gasteiger partial charge in [-0.05, 0) is 94.1 Å². The van der Waals surface area contributed by atoms with Crippen LogP contribution in [0.25, 0.3) is 0 Å². The van der Waals surface area contributed by atoms with Crippen molar-refractivity contribution in [3.8, 4) is 0 Å². The van der Waals surface area contributed by atoms with Crippen molar-refractivity contribution in [3.63, 3.8) is 0 Å². The van der Waals surface area contributed by atoms with Crippen LogP contribution in [0.3, 0.4) is 0 Å². The summed E-state index contributed by atoms with van der Waals surface area (Å²) in [6, 6.07) is 9.94. The lowest BCUT2D eigenvalue weighted by Gasteiger charge is -2.35. The first kappa shape index (κ1) is 27.1. The first-order valence-corrected chi connectivity index (χ1v) is 14.0. The van der Waals surface area contributed by atoms with Crippen LogP contribution in [-0.4, -0.2) is 6.66 Å². The normalized spacial score (nSPS) is 13.8. The van der Waals surface area contributed by atoms with Crippen molar-refractivity contribution >= 4 is 18.5 Å². The lowest BCUT2D eigenvalue weighted by molar-refractivity contribution is 0.570. The van der Waals surface area contributed by atoms with Crippen LogP contribution in [0, 0.1) is 13.8 Å². The Kier molecular flexibility index (Phi) is 7.27. The van der Waals surface area contributed by atoms with E-state index in [0.717, 1.165) is 0 Å². The molecule has 0 unspecified atom stereocenters. The van der Waals surface area contributed by atoms with Crippen LogP contribution in [0.1, 0.15) is 116 Å². The summed E-state index contributed by atoms with van der Waals surface area (Å²) >= 11 is 0. The maximum atomic E-state index is 2.51. The second kappa shape index (κ2) is 8.58. The maximum absolute atomic E-state index is 2.51. The smallest absolute Gasteiger partial charge is 0.0125 e. The van der Waals surface area contributed by atoms with Gasteiger partial charge in [0.1, 0.15) is 0 Å². The minimum absolute atomic E-state index is 0.110. The Morgan fingerprint density at radius 2 is 0.750 bits per heavy atom. The number of hydrogen-bond donors (Lipinski definition) is 0. The SMILES string of the molecule is Cc1cc(C(C)(C)C)cc(C(C)(C)C)c1P(C)c1c(C)cc(C(C)(C)C)cc1C(C)(C)C. The van der Waals surface area contributed by atoms with E-state index in [1.54, 1.807) is 10.6 Å². The second-order valence-corrected chi connectivity index (χ2v) is 16.0. The Morgan fingerprint density at radius 3 is 0.969 bits per heavy atom. The van der Waals surface area contributed by atoms with Crippen molar-refractivity contribution in [2.24, 2.45) is 0 Å². The molecule has 0 bridgehead atoms. The Bertz CT molecular complexity index is 898. The molecule has 1 heteroatoms. The topological polar surface area (TPSA) is 0 Å². The highest BCUT2D eigenvalue weighted by Crippen LogP contribution is 2.43. The third-order valence-electron chi connectivity index (χ3n) is 6.62. The van der Waals surface area contributed by atoms with Gasteiger partial charge in [-0.1, -0.05) is 107 Å². The first-order valence-electron chi connectivity index (χ1n) is 12.2. The average molecular weight is 453 g/mol. The second-order valence-electron chi connectivity index (χ2n) is 13.9. The number of hydrogen-bond acceptors (Lipinski definition) is 0. The predicted octanol–water partition coefficient (Wildman–Crippen LogP) is 8.56. The molecule has 178 valence electrons. The van der Waals surface area contributed by atoms with Gasteiger partial charge < -0.3 is 0 Å². The summed E-state index contributed by atoms with van der Waals surface area (Å²) in [5, 5.41) is 3.16. The molecule has 2 rings (SSSR count). The van der Waals surface area contributed by atoms with Gasteiger partial charge in [0.2, 0.25) is 0 Å². The van der Waals surface area contributed by atoms with E-state index >= 15 is 0 Å². The quantitative estimate of drug-likeness (QED) is 0.400. The summed E-state index contributed by atoms with van der Waals surface area (Å²) in [6.45, 7) is 35.4. The summed E-state index contributed by atoms with van der Waals surface area (Å²) in [7, 11) is -0.479. The van der Waals surface area contributed by atoms with E-state index in [-0.39, 0.29) is 21.7 Å². The van der Waals surface area contributed by atoms with Crippen LogP contribution in [-0.2, 0) is 21.7 Å². The molecule has 0 saturated carbocycles. The Hall–Kier alpha value is -1.13. The van der Waals surface area contributed by atoms with Crippen molar-refractivity contribution in [2.45, 2.75) is 119 Å². The molecule has 0 aromatic heterocycles. The minimum atomic E-state index is -0.479. The molecule has 2 aromatic carbocycles. The van der Waals surface area contributed by atoms with E-state index in [4.69, 9.17) is 0 Å². The summed E-state index contributed by atoms with van der Waals surface area (Å²) in [5.74, 6) is 0. The average Bonchev–Trinajstić information content (AvgIpc) is 2.56. The lowest BCUT2D eigenvalue weighted by Crippen LogP contribution is -2.32. The van der Waals surface area contributed by atoms with E-state index in [9.17, 15) is 0 Å². The Morgan fingerprint density at radius 1 is 0.469 bits per heavy atom. The van der Waals surface area contributed by atoms with Crippen molar-refractivity contribution in [1.82, 2.24) is 0 Å². The van der Waals surface area contributed by atoms with E-state index in [0.29, 0.717) is 0 Å². The highest BCUT2D eigenvalue weighted by molar-refractivity contribution is 7.72. The molecule has 0 radical (unpaired) electrons. The van der Waals surface area contributed by atoms with E-state index in [1.807, 2.05) is 0 Å². The van der Waals surface area contributed by atoms with E-state index < -0.39 is 7.92 Å². The van der Waals surface area contributed by atoms with Crippen LogP contribution in [0.4, 0.5) is 0 Å². The zero-order valence-corrected chi connectivity index (χ0v) is 24.7. The van der Waals surface area contributed by atoms with Gasteiger partial charge in [0.25, 0.3) is 0 Å². The molecule has 2 aromatic rings. The molecule has 0 aliphatic heterocycles. The largest absolute Gasteiger partial charge is 0.0561 e. The fraction of sp³-hybridized carbons (Fsp3) is 0.613. The fourth-order valence-electron chi connectivity index (χ4n) is 4.57. The minimum Gasteiger partial charge on any atom is -0.0561 e. The molecule has 0 amide bonds. The van der Waals surface area contributed by atoms with Gasteiger partial charge in [-0.25, -0.2) is 0 Å². The molecule has 32 heavy (non-hydrogen) atoms. The molecule has 0 nitrogen and oxygen atoms in total. The van der Waals surface area contributed by atoms with Crippen molar-refractivity contribution < 1.29 is 0 Å². The monoisotopic (exact) mass is 452 g/mol. The number of aryl methyl sites for hydroxylation is 2. The highest BCUT2D eigenvalue weighted by atomic mass is 31.1. The third-order valence-corrected chi connectivity index (χ3v) is 9.15. The number of benzene rings is 2. The van der Waals surface area contributed by atoms with Crippen molar-refractivity contribution in [1.29, 1.82) is 0 Å². The molecular weight excluding hydrogens is 403 g/mol. The Labute approximate surface area is 201 Å². The summed E-state index contributed by atoms with van der Waals surface area (Å²) in [4.78, 5) is 0. The van der Waals surface area contributed by atoms with E-state index in [2.05, 4.69) is 128 Å². The van der Waals surface area contributed by atoms with Crippen LogP contribution >= 0.6 is 7.92 Å². The summed E-state index contributed by atoms with van der Waals surface area (Å²) < 4.78 is 0. The van der Waals surface area contributed by atoms with Gasteiger partial charge in [0.05, 0.1) is 0 Å². The maximum Gasteiger partial charge on any atom is -0.0125 e. The van der Waals surface area contributed by atoms with Gasteiger partial charge in [0.15, 0.2) is 0 Å². The van der Waals surface area contributed by atoms with Crippen LogP contribution in [0.15, 0.2) is 24.3 Å². The van der Waals surface area contributed by atoms with Crippen LogP contribution in [0.2, 0.25) is 0 Å². The Balaban J connectivity index is 2.90. The predicted molar refractivity (Wildman–Crippen MR) is 149 cm³/mol. The van der Waals surface area contributed by atoms with Gasteiger partial charge >= 0.3 is 0 Å². The van der Waals surface area contributed by atoms with Gasteiger partial charge in [-0.2, -0.15) is 0 Å². The van der Waals surface area contributed by atoms with Crippen molar-refractivity contribution in [2.75, 3.05) is 6.66 Å². The molecule has 0 spiro atoms. The molecule has 0 fully saturated rings. The zero-order valence-electron chi connectivity index (χ0n) is 23.8. The van der Waals surface area contributed by atoms with Gasteiger partial charge in [-0.3, -0.25) is 0 Å². The third kappa shape index (κ3) is 5.67. The van der Waals surface area contributed by atoms with Crippen molar-refractivity contribution in [3.05, 3.63) is 57.6 Å². The molecule has 0 aliphatic carbocycles. The lowest BCUT2D eigenvalue weighted by atomic mass is 9.79. The van der Waals surface area contributed by atoms with E-state index in [1.165, 1.54) is 33.4 Å². The summed E-state index contributed by atoms with van der Waals surface area (Å²) in [5.41, 5.74) is 9.38.